The minimum Gasteiger partial charge on any atom is -0.393 e. The van der Waals surface area contributed by atoms with Crippen LogP contribution in [0.1, 0.15) is 18.4 Å². The normalized spacial score (nSPS) is 17.9. The van der Waals surface area contributed by atoms with E-state index in [2.05, 4.69) is 0 Å². The summed E-state index contributed by atoms with van der Waals surface area (Å²) in [7, 11) is 1.88. The summed E-state index contributed by atoms with van der Waals surface area (Å²) < 4.78 is 5.25. The van der Waals surface area contributed by atoms with Crippen molar-refractivity contribution >= 4 is 11.4 Å². The molecule has 1 heterocycles. The van der Waals surface area contributed by atoms with E-state index in [1.807, 2.05) is 11.9 Å². The molecule has 0 spiro atoms. The fraction of sp³-hybridized carbons (Fsp3) is 0.571. The second-order valence-corrected chi connectivity index (χ2v) is 5.66. The molecule has 0 bridgehead atoms. The summed E-state index contributed by atoms with van der Waals surface area (Å²) in [5.74, 6) is 0. The molecule has 7 heteroatoms. The van der Waals surface area contributed by atoms with Gasteiger partial charge < -0.3 is 15.6 Å². The van der Waals surface area contributed by atoms with E-state index in [0.717, 1.165) is 5.56 Å². The Morgan fingerprint density at radius 3 is 2.76 bits per heavy atom. The van der Waals surface area contributed by atoms with E-state index >= 15 is 0 Å². The van der Waals surface area contributed by atoms with Crippen LogP contribution in [0.2, 0.25) is 0 Å². The van der Waals surface area contributed by atoms with E-state index in [1.54, 1.807) is 12.1 Å². The van der Waals surface area contributed by atoms with Gasteiger partial charge in [0.15, 0.2) is 0 Å². The van der Waals surface area contributed by atoms with Crippen LogP contribution in [0.5, 0.6) is 0 Å². The SMILES string of the molecule is CN(Cc1ccc(N)c([N+](=O)[O-])c1)CC1(O)CCOCC1. The zero-order chi connectivity index (χ0) is 15.5. The molecule has 0 atom stereocenters. The van der Waals surface area contributed by atoms with Gasteiger partial charge in [-0.05, 0) is 18.7 Å². The number of nitrogen functional groups attached to an aromatic ring is 1. The maximum Gasteiger partial charge on any atom is 0.292 e. The van der Waals surface area contributed by atoms with Gasteiger partial charge in [-0.1, -0.05) is 6.07 Å². The van der Waals surface area contributed by atoms with Gasteiger partial charge in [0.25, 0.3) is 5.69 Å². The molecule has 0 radical (unpaired) electrons. The van der Waals surface area contributed by atoms with Crippen molar-refractivity contribution in [3.8, 4) is 0 Å². The number of rotatable bonds is 5. The topological polar surface area (TPSA) is 102 Å². The second-order valence-electron chi connectivity index (χ2n) is 5.66. The molecule has 7 nitrogen and oxygen atoms in total. The van der Waals surface area contributed by atoms with Crippen LogP contribution in [0.4, 0.5) is 11.4 Å². The number of hydrogen-bond donors (Lipinski definition) is 2. The summed E-state index contributed by atoms with van der Waals surface area (Å²) in [4.78, 5) is 12.4. The van der Waals surface area contributed by atoms with Crippen LogP contribution >= 0.6 is 0 Å². The molecule has 21 heavy (non-hydrogen) atoms. The van der Waals surface area contributed by atoms with Gasteiger partial charge in [-0.2, -0.15) is 0 Å². The zero-order valence-electron chi connectivity index (χ0n) is 12.1. The first-order valence-corrected chi connectivity index (χ1v) is 6.91. The number of nitrogens with zero attached hydrogens (tertiary/aromatic N) is 2. The lowest BCUT2D eigenvalue weighted by atomic mass is 9.94. The number of benzene rings is 1. The first kappa shape index (κ1) is 15.7. The van der Waals surface area contributed by atoms with Gasteiger partial charge in [-0.25, -0.2) is 0 Å². The number of nitrogens with two attached hydrogens (primary N) is 1. The van der Waals surface area contributed by atoms with Crippen LogP contribution < -0.4 is 5.73 Å². The second kappa shape index (κ2) is 6.38. The lowest BCUT2D eigenvalue weighted by Gasteiger charge is -2.35. The Bertz CT molecular complexity index is 515. The average Bonchev–Trinajstić information content (AvgIpc) is 2.40. The summed E-state index contributed by atoms with van der Waals surface area (Å²) in [6, 6.07) is 4.80. The minimum atomic E-state index is -0.743. The lowest BCUT2D eigenvalue weighted by Crippen LogP contribution is -2.45. The molecule has 0 saturated carbocycles. The molecule has 1 saturated heterocycles. The first-order chi connectivity index (χ1) is 9.89. The third-order valence-corrected chi connectivity index (χ3v) is 3.73. The van der Waals surface area contributed by atoms with Crippen molar-refractivity contribution in [1.29, 1.82) is 0 Å². The van der Waals surface area contributed by atoms with E-state index in [1.165, 1.54) is 6.07 Å². The lowest BCUT2D eigenvalue weighted by molar-refractivity contribution is -0.384. The van der Waals surface area contributed by atoms with Crippen molar-refractivity contribution in [2.75, 3.05) is 32.5 Å². The Morgan fingerprint density at radius 2 is 2.14 bits per heavy atom. The molecule has 1 aromatic carbocycles. The predicted octanol–water partition coefficient (Wildman–Crippen LogP) is 1.15. The average molecular weight is 295 g/mol. The number of nitro groups is 1. The van der Waals surface area contributed by atoms with Crippen LogP contribution in [0.25, 0.3) is 0 Å². The number of nitro benzene ring substituents is 1. The highest BCUT2D eigenvalue weighted by Gasteiger charge is 2.31. The van der Waals surface area contributed by atoms with E-state index in [4.69, 9.17) is 10.5 Å². The molecular formula is C14H21N3O4. The minimum absolute atomic E-state index is 0.0781. The Balaban J connectivity index is 2.00. The Kier molecular flexibility index (Phi) is 4.76. The van der Waals surface area contributed by atoms with Gasteiger partial charge in [0, 0.05) is 45.2 Å². The van der Waals surface area contributed by atoms with Gasteiger partial charge in [0.2, 0.25) is 0 Å². The standard InChI is InChI=1S/C14H21N3O4/c1-16(10-14(18)4-6-21-7-5-14)9-11-2-3-12(15)13(8-11)17(19)20/h2-3,8,18H,4-7,9-10,15H2,1H3. The molecule has 1 aliphatic rings. The van der Waals surface area contributed by atoms with Crippen molar-refractivity contribution in [2.45, 2.75) is 25.0 Å². The monoisotopic (exact) mass is 295 g/mol. The predicted molar refractivity (Wildman–Crippen MR) is 78.8 cm³/mol. The molecule has 3 N–H and O–H groups in total. The highest BCUT2D eigenvalue weighted by atomic mass is 16.6. The highest BCUT2D eigenvalue weighted by Crippen LogP contribution is 2.25. The number of anilines is 1. The van der Waals surface area contributed by atoms with Gasteiger partial charge >= 0.3 is 0 Å². The molecule has 0 unspecified atom stereocenters. The van der Waals surface area contributed by atoms with Gasteiger partial charge in [0.1, 0.15) is 5.69 Å². The van der Waals surface area contributed by atoms with E-state index in [0.29, 0.717) is 39.1 Å². The highest BCUT2D eigenvalue weighted by molar-refractivity contribution is 5.59. The van der Waals surface area contributed by atoms with E-state index in [-0.39, 0.29) is 11.4 Å². The molecule has 1 aromatic rings. The number of aliphatic hydroxyl groups is 1. The number of hydrogen-bond acceptors (Lipinski definition) is 6. The molecule has 0 aliphatic carbocycles. The summed E-state index contributed by atoms with van der Waals surface area (Å²) >= 11 is 0. The number of ether oxygens (including phenoxy) is 1. The summed E-state index contributed by atoms with van der Waals surface area (Å²) in [5.41, 5.74) is 5.72. The van der Waals surface area contributed by atoms with Crippen LogP contribution in [-0.4, -0.2) is 47.3 Å². The largest absolute Gasteiger partial charge is 0.393 e. The first-order valence-electron chi connectivity index (χ1n) is 6.91. The van der Waals surface area contributed by atoms with Crippen molar-refractivity contribution < 1.29 is 14.8 Å². The molecule has 1 fully saturated rings. The van der Waals surface area contributed by atoms with Crippen molar-refractivity contribution in [3.63, 3.8) is 0 Å². The summed E-state index contributed by atoms with van der Waals surface area (Å²) in [5, 5.41) is 21.3. The third kappa shape index (κ3) is 4.13. The Labute approximate surface area is 123 Å². The Morgan fingerprint density at radius 1 is 1.48 bits per heavy atom. The molecule has 0 aromatic heterocycles. The van der Waals surface area contributed by atoms with Crippen LogP contribution in [0, 0.1) is 10.1 Å². The number of likely N-dealkylation sites (N-methyl/N-ethyl adjacent to an activating group) is 1. The fourth-order valence-corrected chi connectivity index (χ4v) is 2.63. The summed E-state index contributed by atoms with van der Waals surface area (Å²) in [6.07, 6.45) is 1.22. The van der Waals surface area contributed by atoms with Gasteiger partial charge in [-0.15, -0.1) is 0 Å². The van der Waals surface area contributed by atoms with Crippen LogP contribution in [0.3, 0.4) is 0 Å². The zero-order valence-corrected chi connectivity index (χ0v) is 12.1. The van der Waals surface area contributed by atoms with Crippen molar-refractivity contribution in [3.05, 3.63) is 33.9 Å². The molecular weight excluding hydrogens is 274 g/mol. The maximum absolute atomic E-state index is 10.9. The quantitative estimate of drug-likeness (QED) is 0.480. The van der Waals surface area contributed by atoms with E-state index < -0.39 is 10.5 Å². The molecule has 0 amide bonds. The van der Waals surface area contributed by atoms with Crippen LogP contribution in [0.15, 0.2) is 18.2 Å². The van der Waals surface area contributed by atoms with Crippen LogP contribution in [-0.2, 0) is 11.3 Å². The molecule has 2 rings (SSSR count). The Hall–Kier alpha value is -1.70. The molecule has 116 valence electrons. The van der Waals surface area contributed by atoms with Crippen molar-refractivity contribution in [1.82, 2.24) is 4.90 Å². The fourth-order valence-electron chi connectivity index (χ4n) is 2.63. The van der Waals surface area contributed by atoms with Gasteiger partial charge in [0.05, 0.1) is 10.5 Å². The molecule has 1 aliphatic heterocycles. The third-order valence-electron chi connectivity index (χ3n) is 3.73. The summed E-state index contributed by atoms with van der Waals surface area (Å²) in [6.45, 7) is 2.16. The van der Waals surface area contributed by atoms with Gasteiger partial charge in [-0.3, -0.25) is 15.0 Å². The van der Waals surface area contributed by atoms with E-state index in [9.17, 15) is 15.2 Å². The van der Waals surface area contributed by atoms with Crippen molar-refractivity contribution in [2.24, 2.45) is 0 Å². The maximum atomic E-state index is 10.9. The smallest absolute Gasteiger partial charge is 0.292 e.